The number of piperazine rings is 1. The molecule has 0 unspecified atom stereocenters. The average Bonchev–Trinajstić information content (AvgIpc) is 3.32. The van der Waals surface area contributed by atoms with Crippen molar-refractivity contribution in [3.05, 3.63) is 72.5 Å². The monoisotopic (exact) mass is 572 g/mol. The van der Waals surface area contributed by atoms with E-state index < -0.39 is 0 Å². The van der Waals surface area contributed by atoms with Gasteiger partial charge >= 0.3 is 0 Å². The van der Waals surface area contributed by atoms with Crippen LogP contribution in [0.2, 0.25) is 0 Å². The van der Waals surface area contributed by atoms with Gasteiger partial charge in [-0.1, -0.05) is 0 Å². The topological polar surface area (TPSA) is 111 Å². The summed E-state index contributed by atoms with van der Waals surface area (Å²) in [5.74, 6) is 0.0677. The standard InChI is InChI=1S/C31H37FN8O2/c1-22-21-40(28-18-23(32)4-5-25(22)28)29(33)6-7-30(41)36-11-10-35-26-8-9-34-27-19-24(20-37-31(26)27)42-17-3-12-39-15-13-38(2)14-16-39/h4-9,18-21,33H,3,10-17H2,1-2H3,(H,34,35)(H,36,41)/b7-6-,33-29?. The molecule has 42 heavy (non-hydrogen) atoms. The van der Waals surface area contributed by atoms with E-state index >= 15 is 0 Å². The molecule has 0 radical (unpaired) electrons. The Balaban J connectivity index is 1.07. The maximum absolute atomic E-state index is 13.7. The van der Waals surface area contributed by atoms with E-state index in [1.165, 1.54) is 24.3 Å². The van der Waals surface area contributed by atoms with Gasteiger partial charge in [0.05, 0.1) is 29.5 Å². The number of pyridine rings is 2. The molecule has 1 amide bonds. The van der Waals surface area contributed by atoms with Gasteiger partial charge in [-0.2, -0.15) is 0 Å². The number of allylic oxidation sites excluding steroid dienone is 1. The van der Waals surface area contributed by atoms with E-state index in [2.05, 4.69) is 37.4 Å². The second-order valence-corrected chi connectivity index (χ2v) is 10.5. The molecule has 0 bridgehead atoms. The smallest absolute Gasteiger partial charge is 0.244 e. The second kappa shape index (κ2) is 13.5. The van der Waals surface area contributed by atoms with Crippen molar-refractivity contribution in [2.75, 3.05) is 64.8 Å². The van der Waals surface area contributed by atoms with Gasteiger partial charge in [-0.3, -0.25) is 15.2 Å². The Hall–Kier alpha value is -4.35. The number of nitrogens with one attached hydrogen (secondary N) is 3. The first-order valence-corrected chi connectivity index (χ1v) is 14.2. The van der Waals surface area contributed by atoms with Gasteiger partial charge in [0.2, 0.25) is 5.91 Å². The lowest BCUT2D eigenvalue weighted by Gasteiger charge is -2.32. The molecule has 4 heterocycles. The molecule has 0 spiro atoms. The Bertz CT molecular complexity index is 1590. The quantitative estimate of drug-likeness (QED) is 0.109. The Morgan fingerprint density at radius 2 is 1.95 bits per heavy atom. The van der Waals surface area contributed by atoms with Crippen molar-refractivity contribution in [2.24, 2.45) is 0 Å². The largest absolute Gasteiger partial charge is 0.492 e. The number of nitrogens with zero attached hydrogens (tertiary/aromatic N) is 5. The second-order valence-electron chi connectivity index (χ2n) is 10.5. The highest BCUT2D eigenvalue weighted by atomic mass is 19.1. The molecule has 1 aliphatic heterocycles. The summed E-state index contributed by atoms with van der Waals surface area (Å²) >= 11 is 0. The predicted octanol–water partition coefficient (Wildman–Crippen LogP) is 3.66. The highest BCUT2D eigenvalue weighted by Gasteiger charge is 2.13. The molecule has 0 aliphatic carbocycles. The molecule has 1 aromatic carbocycles. The van der Waals surface area contributed by atoms with Crippen LogP contribution in [0.1, 0.15) is 12.0 Å². The number of amides is 1. The molecule has 0 saturated carbocycles. The lowest BCUT2D eigenvalue weighted by Crippen LogP contribution is -2.44. The van der Waals surface area contributed by atoms with Crippen LogP contribution in [0.4, 0.5) is 10.1 Å². The van der Waals surface area contributed by atoms with Gasteiger partial charge in [-0.15, -0.1) is 0 Å². The zero-order valence-electron chi connectivity index (χ0n) is 24.1. The van der Waals surface area contributed by atoms with Crippen LogP contribution in [0.15, 0.2) is 61.1 Å². The van der Waals surface area contributed by atoms with Crippen molar-refractivity contribution in [1.29, 1.82) is 5.41 Å². The molecule has 1 aliphatic rings. The molecule has 220 valence electrons. The number of likely N-dealkylation sites (N-methyl/N-ethyl adjacent to an activating group) is 1. The minimum absolute atomic E-state index is 0.0692. The van der Waals surface area contributed by atoms with Crippen LogP contribution < -0.4 is 15.4 Å². The summed E-state index contributed by atoms with van der Waals surface area (Å²) in [6.45, 7) is 8.84. The summed E-state index contributed by atoms with van der Waals surface area (Å²) in [4.78, 5) is 26.2. The fourth-order valence-corrected chi connectivity index (χ4v) is 5.03. The number of rotatable bonds is 11. The minimum Gasteiger partial charge on any atom is -0.492 e. The predicted molar refractivity (Wildman–Crippen MR) is 164 cm³/mol. The molecule has 10 nitrogen and oxygen atoms in total. The molecule has 1 fully saturated rings. The van der Waals surface area contributed by atoms with Crippen molar-refractivity contribution < 1.29 is 13.9 Å². The van der Waals surface area contributed by atoms with Crippen LogP contribution in [0.3, 0.4) is 0 Å². The Morgan fingerprint density at radius 3 is 2.79 bits per heavy atom. The summed E-state index contributed by atoms with van der Waals surface area (Å²) in [7, 11) is 2.16. The number of aryl methyl sites for hydroxylation is 1. The van der Waals surface area contributed by atoms with Crippen LogP contribution in [0, 0.1) is 18.2 Å². The Labute approximate surface area is 244 Å². The van der Waals surface area contributed by atoms with Gasteiger partial charge in [0.1, 0.15) is 22.9 Å². The molecule has 4 aromatic rings. The lowest BCUT2D eigenvalue weighted by atomic mass is 10.2. The first kappa shape index (κ1) is 29.2. The van der Waals surface area contributed by atoms with Gasteiger partial charge < -0.3 is 29.7 Å². The summed E-state index contributed by atoms with van der Waals surface area (Å²) in [5, 5.41) is 15.3. The Kier molecular flexibility index (Phi) is 9.40. The number of fused-ring (bicyclic) bond motifs is 2. The normalized spacial score (nSPS) is 14.5. The molecule has 3 N–H and O–H groups in total. The summed E-state index contributed by atoms with van der Waals surface area (Å²) in [6, 6.07) is 8.22. The van der Waals surface area contributed by atoms with Crippen molar-refractivity contribution in [3.8, 4) is 5.75 Å². The van der Waals surface area contributed by atoms with Gasteiger partial charge in [-0.05, 0) is 56.3 Å². The molecular weight excluding hydrogens is 535 g/mol. The molecule has 3 aromatic heterocycles. The van der Waals surface area contributed by atoms with Gasteiger partial charge in [0, 0.05) is 75.7 Å². The van der Waals surface area contributed by atoms with Crippen LogP contribution in [0.5, 0.6) is 5.75 Å². The van der Waals surface area contributed by atoms with Crippen molar-refractivity contribution in [1.82, 2.24) is 29.7 Å². The van der Waals surface area contributed by atoms with Crippen LogP contribution in [0.25, 0.3) is 21.9 Å². The third-order valence-corrected chi connectivity index (χ3v) is 7.39. The molecule has 0 atom stereocenters. The molecular formula is C31H37FN8O2. The fraction of sp³-hybridized carbons (Fsp3) is 0.355. The highest BCUT2D eigenvalue weighted by molar-refractivity contribution is 6.04. The summed E-state index contributed by atoms with van der Waals surface area (Å²) in [6.07, 6.45) is 8.86. The Morgan fingerprint density at radius 1 is 1.12 bits per heavy atom. The van der Waals surface area contributed by atoms with Crippen LogP contribution >= 0.6 is 0 Å². The molecule has 1 saturated heterocycles. The third kappa shape index (κ3) is 7.29. The van der Waals surface area contributed by atoms with E-state index in [-0.39, 0.29) is 17.6 Å². The van der Waals surface area contributed by atoms with Gasteiger partial charge in [-0.25, -0.2) is 9.37 Å². The number of carbonyl (C=O) groups excluding carboxylic acids is 1. The highest BCUT2D eigenvalue weighted by Crippen LogP contribution is 2.23. The number of benzene rings is 1. The average molecular weight is 573 g/mol. The van der Waals surface area contributed by atoms with Crippen molar-refractivity contribution in [2.45, 2.75) is 13.3 Å². The van der Waals surface area contributed by atoms with E-state index in [4.69, 9.17) is 10.1 Å². The number of hydrogen-bond donors (Lipinski definition) is 3. The number of aromatic nitrogens is 3. The first-order valence-electron chi connectivity index (χ1n) is 14.2. The molecule has 11 heteroatoms. The molecule has 5 rings (SSSR count). The first-order chi connectivity index (χ1) is 20.4. The van der Waals surface area contributed by atoms with E-state index in [9.17, 15) is 9.18 Å². The number of carbonyl (C=O) groups is 1. The zero-order chi connectivity index (χ0) is 29.5. The number of hydrogen-bond acceptors (Lipinski definition) is 8. The summed E-state index contributed by atoms with van der Waals surface area (Å²) in [5.41, 5.74) is 3.79. The number of anilines is 1. The minimum atomic E-state index is -0.373. The lowest BCUT2D eigenvalue weighted by molar-refractivity contribution is -0.116. The fourth-order valence-electron chi connectivity index (χ4n) is 5.03. The maximum atomic E-state index is 13.7. The van der Waals surface area contributed by atoms with E-state index in [1.807, 2.05) is 19.1 Å². The van der Waals surface area contributed by atoms with Gasteiger partial charge in [0.25, 0.3) is 0 Å². The third-order valence-electron chi connectivity index (χ3n) is 7.39. The van der Waals surface area contributed by atoms with Crippen LogP contribution in [-0.2, 0) is 4.79 Å². The van der Waals surface area contributed by atoms with E-state index in [1.54, 1.807) is 29.2 Å². The zero-order valence-corrected chi connectivity index (χ0v) is 24.1. The van der Waals surface area contributed by atoms with Gasteiger partial charge in [0.15, 0.2) is 0 Å². The van der Waals surface area contributed by atoms with Crippen LogP contribution in [-0.4, -0.2) is 95.5 Å². The summed E-state index contributed by atoms with van der Waals surface area (Å²) < 4.78 is 21.2. The van der Waals surface area contributed by atoms with E-state index in [0.717, 1.165) is 66.8 Å². The maximum Gasteiger partial charge on any atom is 0.244 e. The SMILES string of the molecule is Cc1cn(C(=N)/C=C\C(=O)NCCNc2ccnc3cc(OCCCN4CCN(C)CC4)cnc23)c2cc(F)ccc12. The van der Waals surface area contributed by atoms with E-state index in [0.29, 0.717) is 31.0 Å². The van der Waals surface area contributed by atoms with Crippen molar-refractivity contribution in [3.63, 3.8) is 0 Å². The number of ether oxygens (including phenoxy) is 1. The van der Waals surface area contributed by atoms with Crippen molar-refractivity contribution >= 4 is 39.4 Å². The number of halogens is 1.